The van der Waals surface area contributed by atoms with Gasteiger partial charge >= 0.3 is 0 Å². The Morgan fingerprint density at radius 1 is 0.889 bits per heavy atom. The van der Waals surface area contributed by atoms with Crippen molar-refractivity contribution in [3.8, 4) is 5.75 Å². The number of aromatic nitrogens is 2. The average molecular weight is 362 g/mol. The molecule has 2 N–H and O–H groups in total. The van der Waals surface area contributed by atoms with E-state index in [1.165, 1.54) is 5.56 Å². The van der Waals surface area contributed by atoms with Crippen LogP contribution < -0.4 is 15.4 Å². The summed E-state index contributed by atoms with van der Waals surface area (Å²) in [5, 5.41) is 6.73. The maximum Gasteiger partial charge on any atom is 0.229 e. The molecular weight excluding hydrogens is 336 g/mol. The summed E-state index contributed by atoms with van der Waals surface area (Å²) in [6.45, 7) is 8.09. The van der Waals surface area contributed by atoms with Gasteiger partial charge in [-0.05, 0) is 45.4 Å². The molecule has 1 heterocycles. The van der Waals surface area contributed by atoms with E-state index in [1.807, 2.05) is 69.3 Å². The monoisotopic (exact) mass is 362 g/mol. The van der Waals surface area contributed by atoms with Gasteiger partial charge in [-0.1, -0.05) is 42.5 Å². The van der Waals surface area contributed by atoms with Crippen molar-refractivity contribution in [3.05, 3.63) is 71.9 Å². The zero-order valence-corrected chi connectivity index (χ0v) is 16.2. The Hall–Kier alpha value is -3.08. The molecule has 0 spiro atoms. The van der Waals surface area contributed by atoms with Crippen molar-refractivity contribution >= 4 is 17.5 Å². The minimum absolute atomic E-state index is 0.0929. The molecule has 1 aromatic heterocycles. The third kappa shape index (κ3) is 5.20. The van der Waals surface area contributed by atoms with Crippen LogP contribution in [0, 0.1) is 6.92 Å². The van der Waals surface area contributed by atoms with E-state index in [0.717, 1.165) is 22.9 Å². The molecule has 0 radical (unpaired) electrons. The lowest BCUT2D eigenvalue weighted by molar-refractivity contribution is 0.244. The Morgan fingerprint density at radius 2 is 1.59 bits per heavy atom. The Bertz CT molecular complexity index is 880. The van der Waals surface area contributed by atoms with Gasteiger partial charge in [0.15, 0.2) is 0 Å². The molecule has 5 nitrogen and oxygen atoms in total. The molecule has 0 bridgehead atoms. The zero-order valence-electron chi connectivity index (χ0n) is 16.2. The quantitative estimate of drug-likeness (QED) is 0.582. The van der Waals surface area contributed by atoms with Crippen LogP contribution >= 0.6 is 0 Å². The molecular formula is C22H26N4O. The summed E-state index contributed by atoms with van der Waals surface area (Å²) in [5.74, 6) is 2.10. The fourth-order valence-corrected chi connectivity index (χ4v) is 2.79. The second kappa shape index (κ2) is 8.54. The molecule has 0 saturated heterocycles. The van der Waals surface area contributed by atoms with Gasteiger partial charge in [0.05, 0.1) is 11.8 Å². The second-order valence-electron chi connectivity index (χ2n) is 6.78. The molecule has 0 amide bonds. The van der Waals surface area contributed by atoms with E-state index in [2.05, 4.69) is 39.7 Å². The first kappa shape index (κ1) is 18.7. The molecule has 0 aliphatic heterocycles. The summed E-state index contributed by atoms with van der Waals surface area (Å²) < 4.78 is 5.87. The van der Waals surface area contributed by atoms with Crippen LogP contribution in [0.2, 0.25) is 0 Å². The molecule has 2 aromatic carbocycles. The minimum Gasteiger partial charge on any atom is -0.489 e. The molecule has 140 valence electrons. The number of nitrogens with zero attached hydrogens (tertiary/aromatic N) is 2. The fourth-order valence-electron chi connectivity index (χ4n) is 2.79. The van der Waals surface area contributed by atoms with Crippen molar-refractivity contribution < 1.29 is 4.74 Å². The highest BCUT2D eigenvalue weighted by atomic mass is 16.5. The van der Waals surface area contributed by atoms with E-state index in [4.69, 9.17) is 4.74 Å². The fraction of sp³-hybridized carbons (Fsp3) is 0.273. The van der Waals surface area contributed by atoms with Crippen molar-refractivity contribution in [2.75, 3.05) is 10.6 Å². The normalized spacial score (nSPS) is 11.9. The van der Waals surface area contributed by atoms with Gasteiger partial charge in [0.1, 0.15) is 11.6 Å². The van der Waals surface area contributed by atoms with Gasteiger partial charge in [-0.3, -0.25) is 0 Å². The Kier molecular flexibility index (Phi) is 5.91. The maximum absolute atomic E-state index is 5.87. The lowest BCUT2D eigenvalue weighted by Crippen LogP contribution is -2.11. The summed E-state index contributed by atoms with van der Waals surface area (Å²) in [6, 6.07) is 20.2. The van der Waals surface area contributed by atoms with Gasteiger partial charge in [0, 0.05) is 17.8 Å². The van der Waals surface area contributed by atoms with E-state index < -0.39 is 0 Å². The van der Waals surface area contributed by atoms with E-state index in [1.54, 1.807) is 0 Å². The van der Waals surface area contributed by atoms with Crippen molar-refractivity contribution in [1.82, 2.24) is 9.97 Å². The summed E-state index contributed by atoms with van der Waals surface area (Å²) in [4.78, 5) is 9.14. The molecule has 0 aliphatic rings. The summed E-state index contributed by atoms with van der Waals surface area (Å²) >= 11 is 0. The topological polar surface area (TPSA) is 59.1 Å². The van der Waals surface area contributed by atoms with E-state index >= 15 is 0 Å². The molecule has 0 aliphatic carbocycles. The van der Waals surface area contributed by atoms with Crippen LogP contribution in [0.15, 0.2) is 60.7 Å². The molecule has 3 aromatic rings. The van der Waals surface area contributed by atoms with E-state index in [-0.39, 0.29) is 12.1 Å². The highest BCUT2D eigenvalue weighted by Gasteiger charge is 2.10. The summed E-state index contributed by atoms with van der Waals surface area (Å²) in [7, 11) is 0. The highest BCUT2D eigenvalue weighted by molar-refractivity contribution is 5.63. The van der Waals surface area contributed by atoms with Gasteiger partial charge in [0.2, 0.25) is 5.95 Å². The average Bonchev–Trinajstić information content (AvgIpc) is 2.63. The van der Waals surface area contributed by atoms with Crippen LogP contribution in [0.4, 0.5) is 17.5 Å². The number of hydrogen-bond acceptors (Lipinski definition) is 5. The molecule has 3 rings (SSSR count). The summed E-state index contributed by atoms with van der Waals surface area (Å²) in [6.07, 6.45) is 0.0929. The molecule has 1 atom stereocenters. The maximum atomic E-state index is 5.87. The van der Waals surface area contributed by atoms with Gasteiger partial charge in [-0.15, -0.1) is 0 Å². The van der Waals surface area contributed by atoms with E-state index in [9.17, 15) is 0 Å². The number of para-hydroxylation sites is 2. The van der Waals surface area contributed by atoms with Crippen LogP contribution in [0.5, 0.6) is 5.75 Å². The highest BCUT2D eigenvalue weighted by Crippen LogP contribution is 2.28. The number of benzene rings is 2. The van der Waals surface area contributed by atoms with Crippen molar-refractivity contribution in [2.45, 2.75) is 39.8 Å². The number of anilines is 3. The number of hydrogen-bond donors (Lipinski definition) is 2. The smallest absolute Gasteiger partial charge is 0.229 e. The van der Waals surface area contributed by atoms with Gasteiger partial charge in [-0.2, -0.15) is 4.98 Å². The first-order chi connectivity index (χ1) is 13.0. The first-order valence-corrected chi connectivity index (χ1v) is 9.21. The molecule has 1 unspecified atom stereocenters. The van der Waals surface area contributed by atoms with Gasteiger partial charge < -0.3 is 15.4 Å². The predicted molar refractivity (Wildman–Crippen MR) is 111 cm³/mol. The van der Waals surface area contributed by atoms with Crippen LogP contribution in [0.1, 0.15) is 38.1 Å². The zero-order chi connectivity index (χ0) is 19.2. The van der Waals surface area contributed by atoms with Crippen molar-refractivity contribution in [1.29, 1.82) is 0 Å². The second-order valence-corrected chi connectivity index (χ2v) is 6.78. The Labute approximate surface area is 160 Å². The predicted octanol–water partition coefficient (Wildman–Crippen LogP) is 5.49. The standard InChI is InChI=1S/C22H26N4O/c1-15(2)27-20-13-9-8-12-19(20)25-22-23-16(3)14-21(26-22)24-17(4)18-10-6-5-7-11-18/h5-15,17H,1-4H3,(H2,23,24,25,26). The molecule has 0 fully saturated rings. The van der Waals surface area contributed by atoms with Gasteiger partial charge in [-0.25, -0.2) is 4.98 Å². The molecule has 5 heteroatoms. The van der Waals surface area contributed by atoms with E-state index in [0.29, 0.717) is 5.95 Å². The Morgan fingerprint density at radius 3 is 2.33 bits per heavy atom. The van der Waals surface area contributed by atoms with Crippen LogP contribution in [-0.4, -0.2) is 16.1 Å². The summed E-state index contributed by atoms with van der Waals surface area (Å²) in [5.41, 5.74) is 2.94. The minimum atomic E-state index is 0.0929. The Balaban J connectivity index is 1.80. The van der Waals surface area contributed by atoms with Crippen LogP contribution in [0.25, 0.3) is 0 Å². The van der Waals surface area contributed by atoms with Gasteiger partial charge in [0.25, 0.3) is 0 Å². The number of aryl methyl sites for hydroxylation is 1. The van der Waals surface area contributed by atoms with Crippen molar-refractivity contribution in [2.24, 2.45) is 0 Å². The van der Waals surface area contributed by atoms with Crippen LogP contribution in [0.3, 0.4) is 0 Å². The van der Waals surface area contributed by atoms with Crippen LogP contribution in [-0.2, 0) is 0 Å². The molecule has 27 heavy (non-hydrogen) atoms. The lowest BCUT2D eigenvalue weighted by Gasteiger charge is -2.17. The number of ether oxygens (including phenoxy) is 1. The largest absolute Gasteiger partial charge is 0.489 e. The SMILES string of the molecule is Cc1cc(NC(C)c2ccccc2)nc(Nc2ccccc2OC(C)C)n1. The number of rotatable bonds is 7. The number of nitrogens with one attached hydrogen (secondary N) is 2. The third-order valence-corrected chi connectivity index (χ3v) is 4.01. The first-order valence-electron chi connectivity index (χ1n) is 9.21. The van der Waals surface area contributed by atoms with Crippen molar-refractivity contribution in [3.63, 3.8) is 0 Å². The third-order valence-electron chi connectivity index (χ3n) is 4.01. The molecule has 0 saturated carbocycles. The lowest BCUT2D eigenvalue weighted by atomic mass is 10.1.